The number of nitrogens with zero attached hydrogens (tertiary/aromatic N) is 2. The number of rotatable bonds is 8. The van der Waals surface area contributed by atoms with Gasteiger partial charge in [0.15, 0.2) is 0 Å². The number of aromatic amines is 1. The molecule has 3 aromatic rings. The summed E-state index contributed by atoms with van der Waals surface area (Å²) in [4.78, 5) is 33.5. The number of hydrogen-bond acceptors (Lipinski definition) is 5. The van der Waals surface area contributed by atoms with Gasteiger partial charge < -0.3 is 19.9 Å². The maximum atomic E-state index is 12.2. The van der Waals surface area contributed by atoms with Crippen molar-refractivity contribution in [2.75, 3.05) is 32.6 Å². The van der Waals surface area contributed by atoms with Crippen LogP contribution in [0.3, 0.4) is 0 Å². The average Bonchev–Trinajstić information content (AvgIpc) is 2.67. The van der Waals surface area contributed by atoms with Gasteiger partial charge in [-0.05, 0) is 50.5 Å². The Labute approximate surface area is 163 Å². The molecule has 2 N–H and O–H groups in total. The van der Waals surface area contributed by atoms with Crippen LogP contribution < -0.4 is 15.6 Å². The number of carbonyl (C=O) groups excluding carboxylic acids is 1. The summed E-state index contributed by atoms with van der Waals surface area (Å²) < 4.78 is 5.63. The van der Waals surface area contributed by atoms with Gasteiger partial charge in [-0.15, -0.1) is 0 Å². The summed E-state index contributed by atoms with van der Waals surface area (Å²) in [6, 6.07) is 14.4. The van der Waals surface area contributed by atoms with Crippen molar-refractivity contribution < 1.29 is 9.53 Å². The fraction of sp³-hybridized carbons (Fsp3) is 0.286. The second-order valence-electron chi connectivity index (χ2n) is 6.75. The lowest BCUT2D eigenvalue weighted by atomic mass is 10.2. The molecule has 0 aliphatic carbocycles. The van der Waals surface area contributed by atoms with Crippen LogP contribution in [0, 0.1) is 0 Å². The minimum absolute atomic E-state index is 0.142. The van der Waals surface area contributed by atoms with Crippen molar-refractivity contribution >= 4 is 22.5 Å². The SMILES string of the molecule is CN(C)CCOc1ccc(NC(=O)CCc2nc3ccccc3c(=O)[nH]2)cc1. The number of para-hydroxylation sites is 1. The Morgan fingerprint density at radius 3 is 2.64 bits per heavy atom. The Morgan fingerprint density at radius 2 is 1.89 bits per heavy atom. The van der Waals surface area contributed by atoms with Gasteiger partial charge >= 0.3 is 0 Å². The van der Waals surface area contributed by atoms with E-state index < -0.39 is 0 Å². The lowest BCUT2D eigenvalue weighted by molar-refractivity contribution is -0.116. The molecule has 0 radical (unpaired) electrons. The monoisotopic (exact) mass is 380 g/mol. The normalized spacial score (nSPS) is 11.0. The highest BCUT2D eigenvalue weighted by molar-refractivity contribution is 5.90. The number of anilines is 1. The maximum absolute atomic E-state index is 12.2. The van der Waals surface area contributed by atoms with Crippen LogP contribution >= 0.6 is 0 Å². The quantitative estimate of drug-likeness (QED) is 0.627. The third-order valence-electron chi connectivity index (χ3n) is 4.20. The molecule has 1 aromatic heterocycles. The maximum Gasteiger partial charge on any atom is 0.258 e. The number of ether oxygens (including phenoxy) is 1. The number of likely N-dealkylation sites (N-methyl/N-ethyl adjacent to an activating group) is 1. The van der Waals surface area contributed by atoms with Crippen molar-refractivity contribution in [3.63, 3.8) is 0 Å². The number of amides is 1. The van der Waals surface area contributed by atoms with Crippen LogP contribution in [0.4, 0.5) is 5.69 Å². The first-order valence-electron chi connectivity index (χ1n) is 9.16. The van der Waals surface area contributed by atoms with E-state index in [9.17, 15) is 9.59 Å². The van der Waals surface area contributed by atoms with Gasteiger partial charge in [0.25, 0.3) is 5.56 Å². The van der Waals surface area contributed by atoms with Crippen molar-refractivity contribution in [3.8, 4) is 5.75 Å². The number of carbonyl (C=O) groups is 1. The highest BCUT2D eigenvalue weighted by Gasteiger charge is 2.07. The number of benzene rings is 2. The minimum Gasteiger partial charge on any atom is -0.492 e. The van der Waals surface area contributed by atoms with Crippen LogP contribution in [-0.2, 0) is 11.2 Å². The Hall–Kier alpha value is -3.19. The molecule has 28 heavy (non-hydrogen) atoms. The minimum atomic E-state index is -0.189. The van der Waals surface area contributed by atoms with Crippen LogP contribution in [0.15, 0.2) is 53.3 Å². The fourth-order valence-corrected chi connectivity index (χ4v) is 2.69. The molecule has 2 aromatic carbocycles. The van der Waals surface area contributed by atoms with E-state index in [0.717, 1.165) is 12.3 Å². The van der Waals surface area contributed by atoms with Crippen LogP contribution in [0.1, 0.15) is 12.2 Å². The van der Waals surface area contributed by atoms with E-state index in [-0.39, 0.29) is 17.9 Å². The Balaban J connectivity index is 1.52. The second kappa shape index (κ2) is 9.14. The molecule has 0 bridgehead atoms. The number of aryl methyl sites for hydroxylation is 1. The van der Waals surface area contributed by atoms with Crippen LogP contribution in [0.2, 0.25) is 0 Å². The summed E-state index contributed by atoms with van der Waals surface area (Å²) in [6.45, 7) is 1.44. The van der Waals surface area contributed by atoms with Crippen molar-refractivity contribution in [2.24, 2.45) is 0 Å². The Kier molecular flexibility index (Phi) is 6.39. The summed E-state index contributed by atoms with van der Waals surface area (Å²) in [7, 11) is 3.98. The van der Waals surface area contributed by atoms with E-state index in [4.69, 9.17) is 4.74 Å². The Bertz CT molecular complexity index is 996. The van der Waals surface area contributed by atoms with Crippen LogP contribution in [-0.4, -0.2) is 48.0 Å². The number of aromatic nitrogens is 2. The van der Waals surface area contributed by atoms with E-state index in [0.29, 0.717) is 35.4 Å². The summed E-state index contributed by atoms with van der Waals surface area (Å²) in [5.41, 5.74) is 1.14. The lowest BCUT2D eigenvalue weighted by Crippen LogP contribution is -2.19. The zero-order valence-electron chi connectivity index (χ0n) is 16.1. The van der Waals surface area contributed by atoms with Crippen molar-refractivity contribution in [1.29, 1.82) is 0 Å². The lowest BCUT2D eigenvalue weighted by Gasteiger charge is -2.11. The molecule has 0 aliphatic rings. The van der Waals surface area contributed by atoms with Gasteiger partial charge in [0.05, 0.1) is 10.9 Å². The summed E-state index contributed by atoms with van der Waals surface area (Å²) in [6.07, 6.45) is 0.583. The van der Waals surface area contributed by atoms with E-state index in [1.807, 2.05) is 37.2 Å². The molecular weight excluding hydrogens is 356 g/mol. The number of H-pyrrole nitrogens is 1. The van der Waals surface area contributed by atoms with Crippen LogP contribution in [0.5, 0.6) is 5.75 Å². The first-order chi connectivity index (χ1) is 13.5. The molecule has 1 heterocycles. The summed E-state index contributed by atoms with van der Waals surface area (Å²) in [5, 5.41) is 3.39. The van der Waals surface area contributed by atoms with Crippen LogP contribution in [0.25, 0.3) is 10.9 Å². The highest BCUT2D eigenvalue weighted by atomic mass is 16.5. The second-order valence-corrected chi connectivity index (χ2v) is 6.75. The molecule has 1 amide bonds. The number of fused-ring (bicyclic) bond motifs is 1. The third-order valence-corrected chi connectivity index (χ3v) is 4.20. The standard InChI is InChI=1S/C21H24N4O3/c1-25(2)13-14-28-16-9-7-15(8-10-16)22-20(26)12-11-19-23-18-6-4-3-5-17(18)21(27)24-19/h3-10H,11-14H2,1-2H3,(H,22,26)(H,23,24,27). The van der Waals surface area contributed by atoms with E-state index in [1.54, 1.807) is 30.3 Å². The molecule has 146 valence electrons. The molecule has 7 nitrogen and oxygen atoms in total. The molecule has 0 aliphatic heterocycles. The number of hydrogen-bond donors (Lipinski definition) is 2. The van der Waals surface area contributed by atoms with Crippen molar-refractivity contribution in [1.82, 2.24) is 14.9 Å². The zero-order valence-corrected chi connectivity index (χ0v) is 16.1. The van der Waals surface area contributed by atoms with E-state index in [2.05, 4.69) is 15.3 Å². The first-order valence-corrected chi connectivity index (χ1v) is 9.16. The van der Waals surface area contributed by atoms with Gasteiger partial charge in [0.2, 0.25) is 5.91 Å². The predicted molar refractivity (Wildman–Crippen MR) is 110 cm³/mol. The smallest absolute Gasteiger partial charge is 0.258 e. The molecular formula is C21H24N4O3. The highest BCUT2D eigenvalue weighted by Crippen LogP contribution is 2.16. The van der Waals surface area contributed by atoms with Crippen molar-refractivity contribution in [3.05, 3.63) is 64.7 Å². The van der Waals surface area contributed by atoms with E-state index in [1.165, 1.54) is 0 Å². The Morgan fingerprint density at radius 1 is 1.14 bits per heavy atom. The summed E-state index contributed by atoms with van der Waals surface area (Å²) in [5.74, 6) is 1.12. The topological polar surface area (TPSA) is 87.3 Å². The summed E-state index contributed by atoms with van der Waals surface area (Å²) >= 11 is 0. The van der Waals surface area contributed by atoms with Gasteiger partial charge in [0.1, 0.15) is 18.2 Å². The molecule has 0 unspecified atom stereocenters. The molecule has 0 saturated heterocycles. The third kappa shape index (κ3) is 5.40. The van der Waals surface area contributed by atoms with Gasteiger partial charge in [-0.25, -0.2) is 4.98 Å². The van der Waals surface area contributed by atoms with Crippen molar-refractivity contribution in [2.45, 2.75) is 12.8 Å². The van der Waals surface area contributed by atoms with E-state index >= 15 is 0 Å². The predicted octanol–water partition coefficient (Wildman–Crippen LogP) is 2.43. The molecule has 0 atom stereocenters. The fourth-order valence-electron chi connectivity index (χ4n) is 2.69. The average molecular weight is 380 g/mol. The molecule has 0 saturated carbocycles. The molecule has 0 fully saturated rings. The van der Waals surface area contributed by atoms with Gasteiger partial charge in [-0.1, -0.05) is 12.1 Å². The van der Waals surface area contributed by atoms with Gasteiger partial charge in [-0.2, -0.15) is 0 Å². The molecule has 0 spiro atoms. The van der Waals surface area contributed by atoms with Gasteiger partial charge in [-0.3, -0.25) is 9.59 Å². The first kappa shape index (κ1) is 19.6. The zero-order chi connectivity index (χ0) is 19.9. The number of nitrogens with one attached hydrogen (secondary N) is 2. The van der Waals surface area contributed by atoms with Gasteiger partial charge in [0, 0.05) is 25.1 Å². The largest absolute Gasteiger partial charge is 0.492 e. The molecule has 3 rings (SSSR count). The molecule has 7 heteroatoms.